The molecule has 4 N–H and O–H groups in total. The molecular weight excluding hydrogens is 346 g/mol. The van der Waals surface area contributed by atoms with Crippen LogP contribution in [-0.2, 0) is 11.2 Å². The Hall–Kier alpha value is -3.06. The molecule has 0 aromatic heterocycles. The smallest absolute Gasteiger partial charge is 0.321 e. The highest BCUT2D eigenvalue weighted by molar-refractivity contribution is 5.96. The van der Waals surface area contributed by atoms with Crippen LogP contribution in [-0.4, -0.2) is 38.7 Å². The van der Waals surface area contributed by atoms with E-state index in [-0.39, 0.29) is 5.91 Å². The van der Waals surface area contributed by atoms with Gasteiger partial charge in [-0.3, -0.25) is 10.1 Å². The highest BCUT2D eigenvalue weighted by Gasteiger charge is 2.25. The molecule has 0 bridgehead atoms. The second kappa shape index (κ2) is 9.05. The van der Waals surface area contributed by atoms with Crippen molar-refractivity contribution in [3.8, 4) is 11.5 Å². The normalized spacial score (nSPS) is 13.5. The lowest BCUT2D eigenvalue weighted by atomic mass is 10.1. The number of hydrogen-bond acceptors (Lipinski definition) is 4. The first-order chi connectivity index (χ1) is 13.2. The van der Waals surface area contributed by atoms with Crippen LogP contribution in [0.15, 0.2) is 48.5 Å². The van der Waals surface area contributed by atoms with Crippen molar-refractivity contribution in [1.82, 2.24) is 10.6 Å². The number of carbonyl (C=O) groups is 2. The lowest BCUT2D eigenvalue weighted by Crippen LogP contribution is -2.88. The molecule has 0 radical (unpaired) electrons. The Balaban J connectivity index is 1.64. The van der Waals surface area contributed by atoms with Gasteiger partial charge in [0.05, 0.1) is 6.54 Å². The fraction of sp³-hybridized carbons (Fsp3) is 0.300. The van der Waals surface area contributed by atoms with E-state index in [9.17, 15) is 9.59 Å². The average molecular weight is 370 g/mol. The van der Waals surface area contributed by atoms with Gasteiger partial charge in [-0.15, -0.1) is 0 Å². The number of quaternary nitrogens is 1. The Morgan fingerprint density at radius 1 is 1.07 bits per heavy atom. The molecule has 1 aliphatic rings. The molecule has 142 valence electrons. The minimum absolute atomic E-state index is 0.345. The maximum atomic E-state index is 12.5. The molecule has 2 aromatic carbocycles. The molecule has 1 heterocycles. The number of benzene rings is 2. The van der Waals surface area contributed by atoms with Crippen LogP contribution in [0.25, 0.3) is 0 Å². The number of nitrogens with two attached hydrogens (primary N) is 1. The van der Waals surface area contributed by atoms with E-state index in [1.165, 1.54) is 7.05 Å². The van der Waals surface area contributed by atoms with Gasteiger partial charge in [0.2, 0.25) is 0 Å². The number of carbonyl (C=O) groups excluding carboxylic acids is 2. The van der Waals surface area contributed by atoms with Crippen molar-refractivity contribution in [2.75, 3.05) is 26.8 Å². The molecule has 0 saturated carbocycles. The van der Waals surface area contributed by atoms with Gasteiger partial charge in [0, 0.05) is 19.0 Å². The standard InChI is InChI=1S/C20H23N3O4/c1-21-20(25)23-19(24)18(15-5-3-2-4-6-15)22-10-9-14-7-8-16-17(13-14)27-12-11-26-16/h2-8,13,18,22H,9-12H2,1H3,(H2,21,23,24,25)/p+1/t18-/m1/s1. The second-order valence-electron chi connectivity index (χ2n) is 6.21. The first-order valence-corrected chi connectivity index (χ1v) is 8.97. The van der Waals surface area contributed by atoms with Gasteiger partial charge < -0.3 is 20.1 Å². The largest absolute Gasteiger partial charge is 0.486 e. The fourth-order valence-corrected chi connectivity index (χ4v) is 2.97. The van der Waals surface area contributed by atoms with E-state index in [2.05, 4.69) is 10.6 Å². The summed E-state index contributed by atoms with van der Waals surface area (Å²) >= 11 is 0. The van der Waals surface area contributed by atoms with Gasteiger partial charge in [-0.2, -0.15) is 0 Å². The van der Waals surface area contributed by atoms with Gasteiger partial charge in [0.1, 0.15) is 13.2 Å². The van der Waals surface area contributed by atoms with Crippen molar-refractivity contribution in [2.45, 2.75) is 12.5 Å². The SMILES string of the molecule is CNC(=O)NC(=O)[C@H]([NH2+]CCc1ccc2c(c1)OCCO2)c1ccccc1. The van der Waals surface area contributed by atoms with Crippen LogP contribution in [0.2, 0.25) is 0 Å². The summed E-state index contributed by atoms with van der Waals surface area (Å²) in [6.07, 6.45) is 0.757. The van der Waals surface area contributed by atoms with Crippen LogP contribution in [0.3, 0.4) is 0 Å². The number of ether oxygens (including phenoxy) is 2. The monoisotopic (exact) mass is 370 g/mol. The van der Waals surface area contributed by atoms with E-state index in [1.54, 1.807) is 0 Å². The van der Waals surface area contributed by atoms with E-state index >= 15 is 0 Å². The molecule has 3 rings (SSSR count). The summed E-state index contributed by atoms with van der Waals surface area (Å²) in [6, 6.07) is 14.3. The number of rotatable bonds is 6. The summed E-state index contributed by atoms with van der Waals surface area (Å²) in [7, 11) is 1.48. The third-order valence-electron chi connectivity index (χ3n) is 4.35. The summed E-state index contributed by atoms with van der Waals surface area (Å²) < 4.78 is 11.1. The van der Waals surface area contributed by atoms with Crippen molar-refractivity contribution in [1.29, 1.82) is 0 Å². The number of nitrogens with one attached hydrogen (secondary N) is 2. The van der Waals surface area contributed by atoms with E-state index < -0.39 is 12.1 Å². The summed E-state index contributed by atoms with van der Waals surface area (Å²) in [5.41, 5.74) is 1.95. The molecule has 1 atom stereocenters. The van der Waals surface area contributed by atoms with Crippen LogP contribution in [0.1, 0.15) is 17.2 Å². The summed E-state index contributed by atoms with van der Waals surface area (Å²) in [6.45, 7) is 1.80. The minimum Gasteiger partial charge on any atom is -0.486 e. The quantitative estimate of drug-likeness (QED) is 0.700. The predicted molar refractivity (Wildman–Crippen MR) is 99.7 cm³/mol. The van der Waals surface area contributed by atoms with E-state index in [0.717, 1.165) is 29.0 Å². The molecule has 3 amide bonds. The molecule has 1 aliphatic heterocycles. The lowest BCUT2D eigenvalue weighted by Gasteiger charge is -2.19. The van der Waals surface area contributed by atoms with Crippen molar-refractivity contribution >= 4 is 11.9 Å². The molecule has 0 spiro atoms. The zero-order chi connectivity index (χ0) is 19.1. The summed E-state index contributed by atoms with van der Waals surface area (Å²) in [5.74, 6) is 1.18. The maximum Gasteiger partial charge on any atom is 0.321 e. The van der Waals surface area contributed by atoms with Gasteiger partial charge in [0.15, 0.2) is 17.5 Å². The minimum atomic E-state index is -0.513. The number of imide groups is 1. The van der Waals surface area contributed by atoms with Gasteiger partial charge >= 0.3 is 6.03 Å². The number of fused-ring (bicyclic) bond motifs is 1. The molecular formula is C20H24N3O4+. The lowest BCUT2D eigenvalue weighted by molar-refractivity contribution is -0.682. The summed E-state index contributed by atoms with van der Waals surface area (Å²) in [5, 5.41) is 6.70. The van der Waals surface area contributed by atoms with Crippen molar-refractivity contribution in [3.63, 3.8) is 0 Å². The molecule has 7 heteroatoms. The Labute approximate surface area is 158 Å². The molecule has 2 aromatic rings. The van der Waals surface area contributed by atoms with Crippen molar-refractivity contribution in [2.24, 2.45) is 0 Å². The van der Waals surface area contributed by atoms with E-state index in [0.29, 0.717) is 19.8 Å². The van der Waals surface area contributed by atoms with Crippen LogP contribution in [0, 0.1) is 0 Å². The third-order valence-corrected chi connectivity index (χ3v) is 4.35. The number of amides is 3. The van der Waals surface area contributed by atoms with Gasteiger partial charge in [-0.25, -0.2) is 4.79 Å². The van der Waals surface area contributed by atoms with Crippen molar-refractivity contribution in [3.05, 3.63) is 59.7 Å². The Morgan fingerprint density at radius 3 is 2.56 bits per heavy atom. The third kappa shape index (κ3) is 4.98. The first-order valence-electron chi connectivity index (χ1n) is 8.97. The highest BCUT2D eigenvalue weighted by atomic mass is 16.6. The van der Waals surface area contributed by atoms with Crippen LogP contribution >= 0.6 is 0 Å². The zero-order valence-electron chi connectivity index (χ0n) is 15.2. The molecule has 27 heavy (non-hydrogen) atoms. The zero-order valence-corrected chi connectivity index (χ0v) is 15.2. The van der Waals surface area contributed by atoms with Gasteiger partial charge in [-0.05, 0) is 17.7 Å². The van der Waals surface area contributed by atoms with E-state index in [4.69, 9.17) is 9.47 Å². The molecule has 0 fully saturated rings. The predicted octanol–water partition coefficient (Wildman–Crippen LogP) is 0.761. The Kier molecular flexibility index (Phi) is 6.27. The van der Waals surface area contributed by atoms with E-state index in [1.807, 2.05) is 53.8 Å². The maximum absolute atomic E-state index is 12.5. The van der Waals surface area contributed by atoms with Gasteiger partial charge in [0.25, 0.3) is 5.91 Å². The Bertz CT molecular complexity index is 795. The average Bonchev–Trinajstić information content (AvgIpc) is 2.71. The highest BCUT2D eigenvalue weighted by Crippen LogP contribution is 2.30. The molecule has 7 nitrogen and oxygen atoms in total. The Morgan fingerprint density at radius 2 is 1.81 bits per heavy atom. The first kappa shape index (κ1) is 18.7. The number of urea groups is 1. The van der Waals surface area contributed by atoms with Gasteiger partial charge in [-0.1, -0.05) is 36.4 Å². The number of hydrogen-bond donors (Lipinski definition) is 3. The van der Waals surface area contributed by atoms with Crippen LogP contribution < -0.4 is 25.4 Å². The van der Waals surface area contributed by atoms with Crippen molar-refractivity contribution < 1.29 is 24.4 Å². The summed E-state index contributed by atoms with van der Waals surface area (Å²) in [4.78, 5) is 24.0. The fourth-order valence-electron chi connectivity index (χ4n) is 2.97. The molecule has 0 aliphatic carbocycles. The topological polar surface area (TPSA) is 93.3 Å². The van der Waals surface area contributed by atoms with Crippen LogP contribution in [0.5, 0.6) is 11.5 Å². The molecule has 0 saturated heterocycles. The molecule has 0 unspecified atom stereocenters. The van der Waals surface area contributed by atoms with Crippen LogP contribution in [0.4, 0.5) is 4.79 Å². The second-order valence-corrected chi connectivity index (χ2v) is 6.21.